The summed E-state index contributed by atoms with van der Waals surface area (Å²) in [5, 5.41) is 17.9. The number of carboxylic acids is 2. The first-order chi connectivity index (χ1) is 10.5. The number of carbonyl (C=O) groups is 2. The molecule has 0 aliphatic heterocycles. The zero-order valence-electron chi connectivity index (χ0n) is 12.1. The van der Waals surface area contributed by atoms with Gasteiger partial charge in [-0.1, -0.05) is 36.9 Å². The molecule has 2 rings (SSSR count). The summed E-state index contributed by atoms with van der Waals surface area (Å²) in [7, 11) is 0.742. The summed E-state index contributed by atoms with van der Waals surface area (Å²) in [4.78, 5) is 21.8. The van der Waals surface area contributed by atoms with E-state index in [1.165, 1.54) is 0 Å². The molecule has 0 saturated carbocycles. The summed E-state index contributed by atoms with van der Waals surface area (Å²) in [5.41, 5.74) is 2.62. The Hall–Kier alpha value is -2.40. The van der Waals surface area contributed by atoms with E-state index in [0.29, 0.717) is 0 Å². The molecule has 2 N–H and O–H groups in total. The lowest BCUT2D eigenvalue weighted by molar-refractivity contribution is 0.0686. The maximum atomic E-state index is 10.9. The molecule has 0 spiro atoms. The maximum absolute atomic E-state index is 10.9. The molecule has 0 fully saturated rings. The normalized spacial score (nSPS) is 10.6. The van der Waals surface area contributed by atoms with Crippen molar-refractivity contribution in [1.82, 2.24) is 0 Å². The Kier molecular flexibility index (Phi) is 5.11. The lowest BCUT2D eigenvalue weighted by Gasteiger charge is -2.17. The molecule has 22 heavy (non-hydrogen) atoms. The molecule has 2 radical (unpaired) electrons. The first-order valence-electron chi connectivity index (χ1n) is 6.84. The van der Waals surface area contributed by atoms with Crippen LogP contribution in [0.25, 0.3) is 0 Å². The van der Waals surface area contributed by atoms with E-state index in [1.807, 2.05) is 24.3 Å². The van der Waals surface area contributed by atoms with Gasteiger partial charge < -0.3 is 10.2 Å². The molecule has 0 amide bonds. The van der Waals surface area contributed by atoms with Gasteiger partial charge in [-0.15, -0.1) is 0 Å². The molecule has 4 nitrogen and oxygen atoms in total. The van der Waals surface area contributed by atoms with Crippen LogP contribution in [0.4, 0.5) is 0 Å². The second kappa shape index (κ2) is 7.04. The van der Waals surface area contributed by atoms with Crippen LogP contribution in [-0.2, 0) is 0 Å². The highest BCUT2D eigenvalue weighted by Gasteiger charge is 2.15. The van der Waals surface area contributed by atoms with Crippen molar-refractivity contribution in [3.05, 3.63) is 70.8 Å². The third kappa shape index (κ3) is 3.62. The molecule has 112 valence electrons. The number of hydrogen-bond acceptors (Lipinski definition) is 2. The second-order valence-electron chi connectivity index (χ2n) is 4.96. The Bertz CT molecular complexity index is 605. The van der Waals surface area contributed by atoms with Gasteiger partial charge in [0.05, 0.1) is 11.1 Å². The minimum absolute atomic E-state index is 0.147. The fraction of sp³-hybridized carbons (Fsp3) is 0.176. The van der Waals surface area contributed by atoms with Gasteiger partial charge in [-0.25, -0.2) is 9.59 Å². The Balaban J connectivity index is 2.32. The van der Waals surface area contributed by atoms with Crippen molar-refractivity contribution in [1.29, 1.82) is 0 Å². The number of hydrogen-bond donors (Lipinski definition) is 2. The molecule has 0 bridgehead atoms. The van der Waals surface area contributed by atoms with Crippen LogP contribution in [0.3, 0.4) is 0 Å². The average Bonchev–Trinajstić information content (AvgIpc) is 2.53. The fourth-order valence-corrected chi connectivity index (χ4v) is 3.23. The van der Waals surface area contributed by atoms with Crippen molar-refractivity contribution < 1.29 is 19.8 Å². The topological polar surface area (TPSA) is 74.6 Å². The Morgan fingerprint density at radius 3 is 1.50 bits per heavy atom. The summed E-state index contributed by atoms with van der Waals surface area (Å²) in [6, 6.07) is 14.7. The van der Waals surface area contributed by atoms with Gasteiger partial charge in [0.25, 0.3) is 0 Å². The molecule has 0 unspecified atom stereocenters. The van der Waals surface area contributed by atoms with E-state index < -0.39 is 11.9 Å². The maximum Gasteiger partial charge on any atom is 0.335 e. The molecule has 0 atom stereocenters. The van der Waals surface area contributed by atoms with Gasteiger partial charge in [0, 0.05) is 15.4 Å². The van der Waals surface area contributed by atoms with E-state index in [-0.39, 0.29) is 17.0 Å². The van der Waals surface area contributed by atoms with Gasteiger partial charge in [-0.2, -0.15) is 0 Å². The first kappa shape index (κ1) is 16.0. The van der Waals surface area contributed by atoms with Gasteiger partial charge in [0.2, 0.25) is 0 Å². The SMILES string of the molecule is C[Si]CC(c1ccc(C(=O)O)cc1)c1ccc(C(=O)O)cc1. The van der Waals surface area contributed by atoms with Crippen molar-refractivity contribution in [2.24, 2.45) is 0 Å². The van der Waals surface area contributed by atoms with E-state index >= 15 is 0 Å². The smallest absolute Gasteiger partial charge is 0.335 e. The molecule has 2 aromatic carbocycles. The number of aromatic carboxylic acids is 2. The van der Waals surface area contributed by atoms with Crippen LogP contribution in [0.15, 0.2) is 48.5 Å². The van der Waals surface area contributed by atoms with Crippen molar-refractivity contribution in [3.8, 4) is 0 Å². The highest BCUT2D eigenvalue weighted by atomic mass is 28.2. The first-order valence-corrected chi connectivity index (χ1v) is 8.54. The molecular formula is C17H16O4Si. The number of carboxylic acid groups (broad SMARTS) is 2. The molecule has 5 heteroatoms. The zero-order chi connectivity index (χ0) is 16.1. The summed E-state index contributed by atoms with van der Waals surface area (Å²) < 4.78 is 0. The minimum Gasteiger partial charge on any atom is -0.478 e. The predicted octanol–water partition coefficient (Wildman–Crippen LogP) is 3.39. The highest BCUT2D eigenvalue weighted by Crippen LogP contribution is 2.29. The lowest BCUT2D eigenvalue weighted by atomic mass is 9.91. The van der Waals surface area contributed by atoms with Gasteiger partial charge in [0.15, 0.2) is 0 Å². The summed E-state index contributed by atoms with van der Waals surface area (Å²) >= 11 is 0. The molecule has 2 aromatic rings. The number of benzene rings is 2. The van der Waals surface area contributed by atoms with Crippen LogP contribution in [0.5, 0.6) is 0 Å². The predicted molar refractivity (Wildman–Crippen MR) is 85.1 cm³/mol. The lowest BCUT2D eigenvalue weighted by Crippen LogP contribution is -2.05. The highest BCUT2D eigenvalue weighted by molar-refractivity contribution is 6.33. The van der Waals surface area contributed by atoms with E-state index in [4.69, 9.17) is 10.2 Å². The van der Waals surface area contributed by atoms with E-state index in [9.17, 15) is 9.59 Å². The van der Waals surface area contributed by atoms with Crippen LogP contribution < -0.4 is 0 Å². The van der Waals surface area contributed by atoms with Crippen LogP contribution >= 0.6 is 0 Å². The molecule has 0 aliphatic carbocycles. The quantitative estimate of drug-likeness (QED) is 0.802. The van der Waals surface area contributed by atoms with Gasteiger partial charge >= 0.3 is 11.9 Å². The van der Waals surface area contributed by atoms with E-state index in [1.54, 1.807) is 24.3 Å². The van der Waals surface area contributed by atoms with Crippen molar-refractivity contribution in [3.63, 3.8) is 0 Å². The fourth-order valence-electron chi connectivity index (χ4n) is 2.35. The third-order valence-corrected chi connectivity index (χ3v) is 4.34. The summed E-state index contributed by atoms with van der Waals surface area (Å²) in [6.07, 6.45) is 0. The standard InChI is InChI=1S/C17H16O4Si/c1-22-10-15(11-2-6-13(7-3-11)16(18)19)12-4-8-14(9-5-12)17(20)21/h2-9,15H,10H2,1H3,(H,18,19)(H,20,21). The Morgan fingerprint density at radius 2 is 1.23 bits per heavy atom. The van der Waals surface area contributed by atoms with Gasteiger partial charge in [0.1, 0.15) is 0 Å². The van der Waals surface area contributed by atoms with E-state index in [0.717, 1.165) is 26.7 Å². The minimum atomic E-state index is -0.939. The average molecular weight is 312 g/mol. The Labute approximate surface area is 131 Å². The Morgan fingerprint density at radius 1 is 0.864 bits per heavy atom. The number of rotatable bonds is 6. The van der Waals surface area contributed by atoms with E-state index in [2.05, 4.69) is 6.55 Å². The summed E-state index contributed by atoms with van der Waals surface area (Å²) in [5.74, 6) is -1.73. The van der Waals surface area contributed by atoms with Crippen LogP contribution in [-0.4, -0.2) is 31.7 Å². The second-order valence-corrected chi connectivity index (χ2v) is 6.08. The molecule has 0 aliphatic rings. The van der Waals surface area contributed by atoms with Crippen molar-refractivity contribution in [2.45, 2.75) is 18.5 Å². The van der Waals surface area contributed by atoms with Gasteiger partial charge in [-0.3, -0.25) is 0 Å². The monoisotopic (exact) mass is 312 g/mol. The zero-order valence-corrected chi connectivity index (χ0v) is 13.1. The van der Waals surface area contributed by atoms with Crippen molar-refractivity contribution in [2.75, 3.05) is 0 Å². The summed E-state index contributed by atoms with van der Waals surface area (Å²) in [6.45, 7) is 2.12. The molecule has 0 saturated heterocycles. The van der Waals surface area contributed by atoms with Crippen molar-refractivity contribution >= 4 is 21.5 Å². The van der Waals surface area contributed by atoms with Crippen LogP contribution in [0.1, 0.15) is 37.8 Å². The molecular weight excluding hydrogens is 296 g/mol. The largest absolute Gasteiger partial charge is 0.478 e. The van der Waals surface area contributed by atoms with Gasteiger partial charge in [-0.05, 0) is 35.4 Å². The third-order valence-electron chi connectivity index (χ3n) is 3.53. The van der Waals surface area contributed by atoms with Crippen LogP contribution in [0.2, 0.25) is 12.6 Å². The molecule has 0 aromatic heterocycles. The molecule has 0 heterocycles. The van der Waals surface area contributed by atoms with Crippen LogP contribution in [0, 0.1) is 0 Å².